The van der Waals surface area contributed by atoms with Crippen molar-refractivity contribution in [2.45, 2.75) is 18.9 Å². The highest BCUT2D eigenvalue weighted by Gasteiger charge is 2.34. The van der Waals surface area contributed by atoms with E-state index in [-0.39, 0.29) is 11.7 Å². The highest BCUT2D eigenvalue weighted by molar-refractivity contribution is 5.99. The van der Waals surface area contributed by atoms with Crippen molar-refractivity contribution in [3.8, 4) is 0 Å². The van der Waals surface area contributed by atoms with Gasteiger partial charge in [-0.1, -0.05) is 0 Å². The summed E-state index contributed by atoms with van der Waals surface area (Å²) in [5.74, 6) is -1.10. The van der Waals surface area contributed by atoms with E-state index in [0.717, 1.165) is 0 Å². The average Bonchev–Trinajstić information content (AvgIpc) is 3.09. The third-order valence-electron chi connectivity index (χ3n) is 4.02. The van der Waals surface area contributed by atoms with Crippen molar-refractivity contribution in [1.29, 1.82) is 0 Å². The molecular formula is C18H17F2N3O2. The number of hydrogen-bond donors (Lipinski definition) is 2. The first-order valence-corrected chi connectivity index (χ1v) is 7.92. The molecule has 1 atom stereocenters. The number of likely N-dealkylation sites (tertiary alicyclic amines) is 1. The predicted octanol–water partition coefficient (Wildman–Crippen LogP) is 3.60. The highest BCUT2D eigenvalue weighted by atomic mass is 19.1. The Morgan fingerprint density at radius 2 is 1.40 bits per heavy atom. The van der Waals surface area contributed by atoms with Crippen molar-refractivity contribution in [1.82, 2.24) is 4.90 Å². The molecule has 1 aliphatic heterocycles. The van der Waals surface area contributed by atoms with Crippen molar-refractivity contribution in [3.63, 3.8) is 0 Å². The number of urea groups is 1. The molecule has 7 heteroatoms. The smallest absolute Gasteiger partial charge is 0.322 e. The van der Waals surface area contributed by atoms with Crippen LogP contribution >= 0.6 is 0 Å². The molecule has 1 aliphatic rings. The van der Waals surface area contributed by atoms with Crippen LogP contribution in [0.4, 0.5) is 25.0 Å². The third-order valence-corrected chi connectivity index (χ3v) is 4.02. The Labute approximate surface area is 143 Å². The van der Waals surface area contributed by atoms with Crippen LogP contribution in [0.2, 0.25) is 0 Å². The lowest BCUT2D eigenvalue weighted by Gasteiger charge is -2.24. The van der Waals surface area contributed by atoms with Gasteiger partial charge in [0.05, 0.1) is 0 Å². The van der Waals surface area contributed by atoms with E-state index in [4.69, 9.17) is 0 Å². The lowest BCUT2D eigenvalue weighted by molar-refractivity contribution is -0.119. The van der Waals surface area contributed by atoms with Gasteiger partial charge in [-0.15, -0.1) is 0 Å². The predicted molar refractivity (Wildman–Crippen MR) is 90.2 cm³/mol. The molecule has 1 saturated heterocycles. The molecule has 0 saturated carbocycles. The summed E-state index contributed by atoms with van der Waals surface area (Å²) in [6.07, 6.45) is 1.25. The van der Waals surface area contributed by atoms with Gasteiger partial charge >= 0.3 is 6.03 Å². The van der Waals surface area contributed by atoms with Crippen LogP contribution < -0.4 is 10.6 Å². The summed E-state index contributed by atoms with van der Waals surface area (Å²) in [5, 5.41) is 5.35. The fourth-order valence-electron chi connectivity index (χ4n) is 2.77. The van der Waals surface area contributed by atoms with E-state index in [0.29, 0.717) is 30.8 Å². The van der Waals surface area contributed by atoms with Gasteiger partial charge in [0.1, 0.15) is 17.7 Å². The molecular weight excluding hydrogens is 328 g/mol. The first-order valence-electron chi connectivity index (χ1n) is 7.92. The zero-order valence-corrected chi connectivity index (χ0v) is 13.3. The van der Waals surface area contributed by atoms with Gasteiger partial charge in [-0.25, -0.2) is 13.6 Å². The minimum absolute atomic E-state index is 0.321. The number of carbonyl (C=O) groups excluding carboxylic acids is 2. The van der Waals surface area contributed by atoms with E-state index in [9.17, 15) is 18.4 Å². The molecule has 3 amide bonds. The summed E-state index contributed by atoms with van der Waals surface area (Å²) >= 11 is 0. The Hall–Kier alpha value is -2.96. The van der Waals surface area contributed by atoms with Gasteiger partial charge in [-0.2, -0.15) is 0 Å². The molecule has 1 heterocycles. The number of benzene rings is 2. The maximum atomic E-state index is 12.9. The highest BCUT2D eigenvalue weighted by Crippen LogP contribution is 2.21. The first-order chi connectivity index (χ1) is 12.0. The SMILES string of the molecule is O=C(Nc1ccc(F)cc1)[C@@H]1CCCN1C(=O)Nc1ccc(F)cc1. The number of nitrogens with one attached hydrogen (secondary N) is 2. The molecule has 0 aliphatic carbocycles. The average molecular weight is 345 g/mol. The first kappa shape index (κ1) is 16.9. The fourth-order valence-corrected chi connectivity index (χ4v) is 2.77. The van der Waals surface area contributed by atoms with Crippen LogP contribution in [0.15, 0.2) is 48.5 Å². The number of rotatable bonds is 3. The van der Waals surface area contributed by atoms with E-state index in [1.165, 1.54) is 53.4 Å². The van der Waals surface area contributed by atoms with Crippen molar-refractivity contribution in [2.75, 3.05) is 17.2 Å². The summed E-state index contributed by atoms with van der Waals surface area (Å²) in [4.78, 5) is 26.3. The van der Waals surface area contributed by atoms with Crippen LogP contribution in [0.25, 0.3) is 0 Å². The van der Waals surface area contributed by atoms with Gasteiger partial charge in [0.25, 0.3) is 0 Å². The van der Waals surface area contributed by atoms with Crippen molar-refractivity contribution in [2.24, 2.45) is 0 Å². The second kappa shape index (κ2) is 7.29. The van der Waals surface area contributed by atoms with E-state index in [1.54, 1.807) is 0 Å². The molecule has 2 aromatic carbocycles. The van der Waals surface area contributed by atoms with Crippen LogP contribution in [0.1, 0.15) is 12.8 Å². The third kappa shape index (κ3) is 4.12. The minimum atomic E-state index is -0.606. The monoisotopic (exact) mass is 345 g/mol. The lowest BCUT2D eigenvalue weighted by Crippen LogP contribution is -2.45. The van der Waals surface area contributed by atoms with Gasteiger partial charge in [0.15, 0.2) is 0 Å². The summed E-state index contributed by atoms with van der Waals surface area (Å²) < 4.78 is 25.9. The number of anilines is 2. The fraction of sp³-hybridized carbons (Fsp3) is 0.222. The zero-order valence-electron chi connectivity index (χ0n) is 13.3. The van der Waals surface area contributed by atoms with Gasteiger partial charge in [-0.05, 0) is 61.4 Å². The molecule has 0 bridgehead atoms. The van der Waals surface area contributed by atoms with Crippen LogP contribution in [0, 0.1) is 11.6 Å². The van der Waals surface area contributed by atoms with Crippen LogP contribution in [0.3, 0.4) is 0 Å². The second-order valence-electron chi connectivity index (χ2n) is 5.78. The second-order valence-corrected chi connectivity index (χ2v) is 5.78. The number of amides is 3. The number of halogens is 2. The maximum Gasteiger partial charge on any atom is 0.322 e. The minimum Gasteiger partial charge on any atom is -0.324 e. The Kier molecular flexibility index (Phi) is 4.92. The van der Waals surface area contributed by atoms with E-state index in [2.05, 4.69) is 10.6 Å². The molecule has 0 aromatic heterocycles. The van der Waals surface area contributed by atoms with Crippen molar-refractivity contribution < 1.29 is 18.4 Å². The molecule has 0 unspecified atom stereocenters. The lowest BCUT2D eigenvalue weighted by atomic mass is 10.2. The van der Waals surface area contributed by atoms with Crippen LogP contribution in [0.5, 0.6) is 0 Å². The van der Waals surface area contributed by atoms with Crippen LogP contribution in [-0.2, 0) is 4.79 Å². The standard InChI is InChI=1S/C18H17F2N3O2/c19-12-3-7-14(8-4-12)21-17(24)16-2-1-11-23(16)18(25)22-15-9-5-13(20)6-10-15/h3-10,16H,1-2,11H2,(H,21,24)(H,22,25)/t16-/m0/s1. The molecule has 2 aromatic rings. The summed E-state index contributed by atoms with van der Waals surface area (Å²) in [7, 11) is 0. The topological polar surface area (TPSA) is 61.4 Å². The Bertz CT molecular complexity index is 697. The Balaban J connectivity index is 1.64. The Morgan fingerprint density at radius 3 is 1.96 bits per heavy atom. The number of nitrogens with zero attached hydrogens (tertiary/aromatic N) is 1. The molecule has 130 valence electrons. The Morgan fingerprint density at radius 1 is 0.880 bits per heavy atom. The number of carbonyl (C=O) groups is 2. The molecule has 0 spiro atoms. The zero-order chi connectivity index (χ0) is 17.8. The van der Waals surface area contributed by atoms with E-state index in [1.807, 2.05) is 0 Å². The molecule has 1 fully saturated rings. The molecule has 5 nitrogen and oxygen atoms in total. The molecule has 0 radical (unpaired) electrons. The van der Waals surface area contributed by atoms with Gasteiger partial charge in [-0.3, -0.25) is 4.79 Å². The number of hydrogen-bond acceptors (Lipinski definition) is 2. The van der Waals surface area contributed by atoms with Crippen molar-refractivity contribution >= 4 is 23.3 Å². The molecule has 25 heavy (non-hydrogen) atoms. The summed E-state index contributed by atoms with van der Waals surface area (Å²) in [6, 6.07) is 9.82. The molecule has 2 N–H and O–H groups in total. The largest absolute Gasteiger partial charge is 0.324 e. The normalized spacial score (nSPS) is 16.6. The van der Waals surface area contributed by atoms with Crippen LogP contribution in [-0.4, -0.2) is 29.4 Å². The van der Waals surface area contributed by atoms with E-state index >= 15 is 0 Å². The van der Waals surface area contributed by atoms with E-state index < -0.39 is 17.9 Å². The van der Waals surface area contributed by atoms with Gasteiger partial charge in [0.2, 0.25) is 5.91 Å². The molecule has 3 rings (SSSR count). The van der Waals surface area contributed by atoms with Crippen molar-refractivity contribution in [3.05, 3.63) is 60.2 Å². The summed E-state index contributed by atoms with van der Waals surface area (Å²) in [5.41, 5.74) is 0.924. The summed E-state index contributed by atoms with van der Waals surface area (Å²) in [6.45, 7) is 0.453. The quantitative estimate of drug-likeness (QED) is 0.893. The van der Waals surface area contributed by atoms with Gasteiger partial charge in [0, 0.05) is 17.9 Å². The maximum absolute atomic E-state index is 12.9. The van der Waals surface area contributed by atoms with Gasteiger partial charge < -0.3 is 15.5 Å².